The minimum Gasteiger partial charge on any atom is -0.222 e. The first-order chi connectivity index (χ1) is 10.9. The maximum absolute atomic E-state index is 12.8. The van der Waals surface area contributed by atoms with Crippen molar-refractivity contribution in [1.82, 2.24) is 0 Å². The molecule has 4 nitrogen and oxygen atoms in total. The van der Waals surface area contributed by atoms with Crippen molar-refractivity contribution in [1.29, 1.82) is 0 Å². The van der Waals surface area contributed by atoms with Crippen molar-refractivity contribution >= 4 is 19.7 Å². The predicted octanol–water partition coefficient (Wildman–Crippen LogP) is 2.67. The van der Waals surface area contributed by atoms with Crippen molar-refractivity contribution in [2.45, 2.75) is 27.7 Å². The number of sulfone groups is 2. The molecule has 0 fully saturated rings. The quantitative estimate of drug-likeness (QED) is 0.779. The van der Waals surface area contributed by atoms with Crippen LogP contribution in [0, 0.1) is 11.8 Å². The lowest BCUT2D eigenvalue weighted by Gasteiger charge is -2.16. The topological polar surface area (TPSA) is 68.3 Å². The van der Waals surface area contributed by atoms with Gasteiger partial charge in [-0.3, -0.25) is 0 Å². The Labute approximate surface area is 137 Å². The number of rotatable bonds is 5. The van der Waals surface area contributed by atoms with Crippen molar-refractivity contribution in [3.8, 4) is 11.8 Å². The maximum atomic E-state index is 12.8. The Kier molecular flexibility index (Phi) is 5.24. The lowest BCUT2D eigenvalue weighted by Crippen LogP contribution is -2.30. The van der Waals surface area contributed by atoms with E-state index in [0.717, 1.165) is 0 Å². The summed E-state index contributed by atoms with van der Waals surface area (Å²) in [6, 6.07) is 15.1. The van der Waals surface area contributed by atoms with Crippen LogP contribution >= 0.6 is 0 Å². The molecule has 120 valence electrons. The van der Waals surface area contributed by atoms with E-state index in [-0.39, 0.29) is 16.2 Å². The molecular formula is C17H16O4S2. The van der Waals surface area contributed by atoms with E-state index in [1.807, 2.05) is 0 Å². The summed E-state index contributed by atoms with van der Waals surface area (Å²) in [5.41, 5.74) is 0. The van der Waals surface area contributed by atoms with E-state index >= 15 is 0 Å². The molecule has 2 rings (SSSR count). The Morgan fingerprint density at radius 3 is 1.52 bits per heavy atom. The average Bonchev–Trinajstić information content (AvgIpc) is 2.56. The largest absolute Gasteiger partial charge is 0.222 e. The fourth-order valence-corrected chi connectivity index (χ4v) is 6.38. The molecule has 2 aromatic rings. The van der Waals surface area contributed by atoms with Gasteiger partial charge in [0.25, 0.3) is 0 Å². The Hall–Kier alpha value is -2.10. The van der Waals surface area contributed by atoms with Crippen LogP contribution in [0.1, 0.15) is 13.3 Å². The standard InChI is InChI=1S/C17H16O4S2/c1-2-3-14-17(22(18,19)15-10-6-4-7-11-15)23(20,21)16-12-8-5-9-13-16/h4-13,17H,14H2,1H3. The number of benzene rings is 2. The highest BCUT2D eigenvalue weighted by molar-refractivity contribution is 8.09. The smallest absolute Gasteiger partial charge is 0.196 e. The molecule has 0 saturated carbocycles. The van der Waals surface area contributed by atoms with Gasteiger partial charge in [-0.05, 0) is 31.2 Å². The Morgan fingerprint density at radius 1 is 0.783 bits per heavy atom. The van der Waals surface area contributed by atoms with Crippen LogP contribution in [0.4, 0.5) is 0 Å². The van der Waals surface area contributed by atoms with Crippen LogP contribution in [0.2, 0.25) is 0 Å². The second-order valence-corrected chi connectivity index (χ2v) is 9.34. The van der Waals surface area contributed by atoms with Gasteiger partial charge >= 0.3 is 0 Å². The van der Waals surface area contributed by atoms with Crippen molar-refractivity contribution in [2.75, 3.05) is 0 Å². The lowest BCUT2D eigenvalue weighted by atomic mass is 10.4. The maximum Gasteiger partial charge on any atom is 0.196 e. The summed E-state index contributed by atoms with van der Waals surface area (Å²) in [6.45, 7) is 1.54. The van der Waals surface area contributed by atoms with Crippen LogP contribution in [0.15, 0.2) is 70.5 Å². The highest BCUT2D eigenvalue weighted by atomic mass is 32.3. The second kappa shape index (κ2) is 6.99. The molecule has 0 aliphatic heterocycles. The van der Waals surface area contributed by atoms with E-state index in [1.54, 1.807) is 43.3 Å². The van der Waals surface area contributed by atoms with Crippen LogP contribution in [0.3, 0.4) is 0 Å². The molecule has 0 aromatic heterocycles. The van der Waals surface area contributed by atoms with Gasteiger partial charge in [0, 0.05) is 6.42 Å². The van der Waals surface area contributed by atoms with E-state index in [0.29, 0.717) is 0 Å². The molecule has 2 aromatic carbocycles. The molecule has 0 atom stereocenters. The molecule has 0 saturated heterocycles. The molecular weight excluding hydrogens is 332 g/mol. The molecule has 0 spiro atoms. The first-order valence-electron chi connectivity index (χ1n) is 6.88. The van der Waals surface area contributed by atoms with Crippen LogP contribution < -0.4 is 0 Å². The zero-order valence-electron chi connectivity index (χ0n) is 12.5. The molecule has 0 aliphatic carbocycles. The Bertz CT molecular complexity index is 851. The highest BCUT2D eigenvalue weighted by Crippen LogP contribution is 2.27. The van der Waals surface area contributed by atoms with Gasteiger partial charge in [-0.25, -0.2) is 16.8 Å². The molecule has 0 N–H and O–H groups in total. The van der Waals surface area contributed by atoms with Crippen molar-refractivity contribution in [3.05, 3.63) is 60.7 Å². The third kappa shape index (κ3) is 3.63. The third-order valence-electron chi connectivity index (χ3n) is 3.28. The average molecular weight is 348 g/mol. The number of hydrogen-bond acceptors (Lipinski definition) is 4. The van der Waals surface area contributed by atoms with Gasteiger partial charge in [-0.15, -0.1) is 11.8 Å². The summed E-state index contributed by atoms with van der Waals surface area (Å²) >= 11 is 0. The summed E-state index contributed by atoms with van der Waals surface area (Å²) < 4.78 is 49.6. The van der Waals surface area contributed by atoms with E-state index in [1.165, 1.54) is 24.3 Å². The molecule has 0 heterocycles. The van der Waals surface area contributed by atoms with Gasteiger partial charge in [0.15, 0.2) is 24.3 Å². The minimum absolute atomic E-state index is 0.0255. The van der Waals surface area contributed by atoms with Gasteiger partial charge in [-0.1, -0.05) is 36.4 Å². The predicted molar refractivity (Wildman–Crippen MR) is 89.1 cm³/mol. The van der Waals surface area contributed by atoms with Gasteiger partial charge < -0.3 is 0 Å². The molecule has 0 amide bonds. The summed E-state index contributed by atoms with van der Waals surface area (Å²) in [4.78, 5) is -0.0511. The molecule has 0 bridgehead atoms. The van der Waals surface area contributed by atoms with Crippen molar-refractivity contribution in [2.24, 2.45) is 0 Å². The fourth-order valence-electron chi connectivity index (χ4n) is 2.10. The molecule has 0 aliphatic rings. The van der Waals surface area contributed by atoms with Gasteiger partial charge in [0.2, 0.25) is 0 Å². The highest BCUT2D eigenvalue weighted by Gasteiger charge is 2.39. The minimum atomic E-state index is -4.07. The number of hydrogen-bond donors (Lipinski definition) is 0. The SMILES string of the molecule is CC#CCC(S(=O)(=O)c1ccccc1)S(=O)(=O)c1ccccc1. The van der Waals surface area contributed by atoms with E-state index in [4.69, 9.17) is 0 Å². The van der Waals surface area contributed by atoms with Crippen LogP contribution in [-0.2, 0) is 19.7 Å². The molecule has 6 heteroatoms. The van der Waals surface area contributed by atoms with Crippen LogP contribution in [0.5, 0.6) is 0 Å². The van der Waals surface area contributed by atoms with Gasteiger partial charge in [-0.2, -0.15) is 0 Å². The summed E-state index contributed by atoms with van der Waals surface area (Å²) in [6.07, 6.45) is -0.273. The van der Waals surface area contributed by atoms with Crippen LogP contribution in [-0.4, -0.2) is 21.4 Å². The summed E-state index contributed by atoms with van der Waals surface area (Å²) in [7, 11) is -8.14. The normalized spacial score (nSPS) is 11.7. The van der Waals surface area contributed by atoms with Crippen molar-refractivity contribution in [3.63, 3.8) is 0 Å². The fraction of sp³-hybridized carbons (Fsp3) is 0.176. The van der Waals surface area contributed by atoms with E-state index in [9.17, 15) is 16.8 Å². The van der Waals surface area contributed by atoms with Crippen molar-refractivity contribution < 1.29 is 16.8 Å². The zero-order valence-corrected chi connectivity index (χ0v) is 14.1. The summed E-state index contributed by atoms with van der Waals surface area (Å²) in [5, 5.41) is 0. The van der Waals surface area contributed by atoms with Gasteiger partial charge in [0.05, 0.1) is 9.79 Å². The van der Waals surface area contributed by atoms with Gasteiger partial charge in [0.1, 0.15) is 0 Å². The molecule has 0 unspecified atom stereocenters. The molecule has 0 radical (unpaired) electrons. The third-order valence-corrected chi connectivity index (χ3v) is 8.38. The first kappa shape index (κ1) is 17.3. The Morgan fingerprint density at radius 2 is 1.17 bits per heavy atom. The first-order valence-corrected chi connectivity index (χ1v) is 9.97. The zero-order chi connectivity index (χ0) is 16.9. The Balaban J connectivity index is 2.60. The van der Waals surface area contributed by atoms with E-state index in [2.05, 4.69) is 11.8 Å². The monoisotopic (exact) mass is 348 g/mol. The summed E-state index contributed by atoms with van der Waals surface area (Å²) in [5.74, 6) is 5.16. The second-order valence-electron chi connectivity index (χ2n) is 4.78. The van der Waals surface area contributed by atoms with E-state index < -0.39 is 24.3 Å². The lowest BCUT2D eigenvalue weighted by molar-refractivity contribution is 0.575. The van der Waals surface area contributed by atoms with Crippen LogP contribution in [0.25, 0.3) is 0 Å². The molecule has 23 heavy (non-hydrogen) atoms.